The molecule has 17 heavy (non-hydrogen) atoms. The fourth-order valence-electron chi connectivity index (χ4n) is 2.21. The fraction of sp³-hybridized carbons (Fsp3) is 0.714. The first-order valence-electron chi connectivity index (χ1n) is 6.11. The van der Waals surface area contributed by atoms with Gasteiger partial charge in [0.25, 0.3) is 0 Å². The zero-order valence-corrected chi connectivity index (χ0v) is 12.4. The van der Waals surface area contributed by atoms with Crippen molar-refractivity contribution in [3.63, 3.8) is 0 Å². The molecule has 0 aromatic carbocycles. The van der Waals surface area contributed by atoms with E-state index in [1.807, 2.05) is 6.33 Å². The highest BCUT2D eigenvalue weighted by Crippen LogP contribution is 2.27. The monoisotopic (exact) mass is 235 g/mol. The van der Waals surface area contributed by atoms with Crippen molar-refractivity contribution >= 4 is 0 Å². The van der Waals surface area contributed by atoms with Crippen LogP contribution in [0.5, 0.6) is 0 Å². The van der Waals surface area contributed by atoms with Gasteiger partial charge >= 0.3 is 0 Å². The summed E-state index contributed by atoms with van der Waals surface area (Å²) in [6, 6.07) is 0. The Labute approximate surface area is 105 Å². The number of hydrogen-bond acceptors (Lipinski definition) is 2. The van der Waals surface area contributed by atoms with E-state index in [0.717, 1.165) is 5.49 Å². The van der Waals surface area contributed by atoms with Crippen LogP contribution >= 0.6 is 0 Å². The van der Waals surface area contributed by atoms with E-state index < -0.39 is 0 Å². The van der Waals surface area contributed by atoms with Crippen molar-refractivity contribution in [2.45, 2.75) is 59.4 Å². The van der Waals surface area contributed by atoms with Gasteiger partial charge in [-0.05, 0) is 27.7 Å². The average molecular weight is 235 g/mol. The smallest absolute Gasteiger partial charge is 0.153 e. The van der Waals surface area contributed by atoms with Gasteiger partial charge in [-0.25, -0.2) is 4.98 Å². The van der Waals surface area contributed by atoms with E-state index in [4.69, 9.17) is 0 Å². The molecule has 0 bridgehead atoms. The van der Waals surface area contributed by atoms with E-state index in [-0.39, 0.29) is 11.0 Å². The van der Waals surface area contributed by atoms with Gasteiger partial charge in [0.1, 0.15) is 0 Å². The van der Waals surface area contributed by atoms with Gasteiger partial charge in [0.05, 0.1) is 6.33 Å². The molecule has 0 aliphatic rings. The van der Waals surface area contributed by atoms with Crippen molar-refractivity contribution < 1.29 is 0 Å². The molecule has 1 aromatic rings. The Hall–Kier alpha value is -1.12. The second-order valence-corrected chi connectivity index (χ2v) is 6.56. The third-order valence-electron chi connectivity index (χ3n) is 2.87. The summed E-state index contributed by atoms with van der Waals surface area (Å²) in [4.78, 5) is 8.68. The molecule has 0 atom stereocenters. The van der Waals surface area contributed by atoms with Crippen molar-refractivity contribution in [1.29, 1.82) is 0 Å². The first-order chi connectivity index (χ1) is 7.59. The number of aromatic nitrogens is 2. The molecule has 0 N–H and O–H groups in total. The molecular weight excluding hydrogens is 210 g/mol. The summed E-state index contributed by atoms with van der Waals surface area (Å²) >= 11 is 0. The Morgan fingerprint density at radius 3 is 2.00 bits per heavy atom. The quantitative estimate of drug-likeness (QED) is 0.680. The molecule has 3 nitrogen and oxygen atoms in total. The first-order valence-corrected chi connectivity index (χ1v) is 6.11. The van der Waals surface area contributed by atoms with E-state index in [0.29, 0.717) is 0 Å². The summed E-state index contributed by atoms with van der Waals surface area (Å²) in [5.74, 6) is 0. The van der Waals surface area contributed by atoms with Crippen molar-refractivity contribution in [3.05, 3.63) is 23.1 Å². The van der Waals surface area contributed by atoms with Gasteiger partial charge in [-0.2, -0.15) is 0 Å². The van der Waals surface area contributed by atoms with Crippen LogP contribution in [0.4, 0.5) is 0 Å². The highest BCUT2D eigenvalue weighted by atomic mass is 15.1. The third-order valence-corrected chi connectivity index (χ3v) is 2.87. The minimum absolute atomic E-state index is 0.0344. The maximum Gasteiger partial charge on any atom is 0.153 e. The van der Waals surface area contributed by atoms with Crippen LogP contribution in [-0.2, 0) is 11.0 Å². The van der Waals surface area contributed by atoms with E-state index >= 15 is 0 Å². The largest absolute Gasteiger partial charge is 0.330 e. The van der Waals surface area contributed by atoms with Crippen LogP contribution in [0.25, 0.3) is 0 Å². The Bertz CT molecular complexity index is 468. The van der Waals surface area contributed by atoms with Gasteiger partial charge in [-0.1, -0.05) is 20.8 Å². The predicted molar refractivity (Wildman–Crippen MR) is 72.1 cm³/mol. The lowest BCUT2D eigenvalue weighted by Crippen LogP contribution is -2.35. The number of hydrogen-bond donors (Lipinski definition) is 0. The van der Waals surface area contributed by atoms with Gasteiger partial charge in [-0.15, -0.1) is 0 Å². The third kappa shape index (κ3) is 2.76. The topological polar surface area (TPSA) is 30.2 Å². The standard InChI is InChI=1S/C14H25N3/c1-10-11(13(2,3)4)17(14(5,6)7)9-16-12(10)15-8/h9H,1-8H3. The maximum absolute atomic E-state index is 4.43. The Morgan fingerprint density at radius 2 is 1.65 bits per heavy atom. The second kappa shape index (κ2) is 4.28. The normalized spacial score (nSPS) is 14.2. The molecule has 0 spiro atoms. The number of nitrogens with zero attached hydrogens (tertiary/aromatic N) is 3. The second-order valence-electron chi connectivity index (χ2n) is 6.56. The van der Waals surface area contributed by atoms with E-state index in [2.05, 4.69) is 63.0 Å². The van der Waals surface area contributed by atoms with E-state index in [1.165, 1.54) is 11.3 Å². The minimum atomic E-state index is 0.0344. The molecule has 0 aliphatic carbocycles. The molecule has 3 heteroatoms. The summed E-state index contributed by atoms with van der Waals surface area (Å²) in [5.41, 5.74) is 3.44. The van der Waals surface area contributed by atoms with Crippen LogP contribution in [0.1, 0.15) is 52.8 Å². The zero-order valence-electron chi connectivity index (χ0n) is 12.4. The highest BCUT2D eigenvalue weighted by molar-refractivity contribution is 5.24. The molecule has 0 radical (unpaired) electrons. The predicted octanol–water partition coefficient (Wildman–Crippen LogP) is 2.77. The van der Waals surface area contributed by atoms with Crippen LogP contribution in [0, 0.1) is 6.92 Å². The van der Waals surface area contributed by atoms with Crippen LogP contribution in [-0.4, -0.2) is 16.6 Å². The summed E-state index contributed by atoms with van der Waals surface area (Å²) in [6.07, 6.45) is 1.91. The van der Waals surface area contributed by atoms with Crippen LogP contribution in [0.3, 0.4) is 0 Å². The van der Waals surface area contributed by atoms with Crippen molar-refractivity contribution in [1.82, 2.24) is 9.55 Å². The lowest BCUT2D eigenvalue weighted by atomic mass is 9.87. The lowest BCUT2D eigenvalue weighted by molar-refractivity contribution is 0.347. The molecule has 0 saturated carbocycles. The van der Waals surface area contributed by atoms with Gasteiger partial charge < -0.3 is 4.57 Å². The van der Waals surface area contributed by atoms with Gasteiger partial charge in [0.15, 0.2) is 5.49 Å². The average Bonchev–Trinajstić information content (AvgIpc) is 2.13. The van der Waals surface area contributed by atoms with Crippen molar-refractivity contribution in [2.24, 2.45) is 4.99 Å². The number of rotatable bonds is 0. The highest BCUT2D eigenvalue weighted by Gasteiger charge is 2.26. The maximum atomic E-state index is 4.43. The molecule has 0 unspecified atom stereocenters. The van der Waals surface area contributed by atoms with Crippen LogP contribution in [0.2, 0.25) is 0 Å². The Morgan fingerprint density at radius 1 is 1.12 bits per heavy atom. The molecular formula is C14H25N3. The Kier molecular flexibility index (Phi) is 3.51. The van der Waals surface area contributed by atoms with Gasteiger partial charge in [-0.3, -0.25) is 4.99 Å². The fourth-order valence-corrected chi connectivity index (χ4v) is 2.21. The zero-order chi connectivity index (χ0) is 13.4. The summed E-state index contributed by atoms with van der Waals surface area (Å²) in [5, 5.41) is 0. The molecule has 1 aromatic heterocycles. The van der Waals surface area contributed by atoms with Crippen molar-refractivity contribution in [2.75, 3.05) is 7.05 Å². The lowest BCUT2D eigenvalue weighted by Gasteiger charge is -2.33. The van der Waals surface area contributed by atoms with Gasteiger partial charge in [0, 0.05) is 29.3 Å². The molecule has 0 aliphatic heterocycles. The molecule has 0 amide bonds. The van der Waals surface area contributed by atoms with E-state index in [1.54, 1.807) is 7.05 Å². The Balaban J connectivity index is 3.72. The van der Waals surface area contributed by atoms with Crippen molar-refractivity contribution in [3.8, 4) is 0 Å². The molecule has 1 rings (SSSR count). The molecule has 0 fully saturated rings. The SMILES string of the molecule is CN=c1ncn(C(C)(C)C)c(C(C)(C)C)c1C. The van der Waals surface area contributed by atoms with Crippen LogP contribution in [0.15, 0.2) is 11.3 Å². The minimum Gasteiger partial charge on any atom is -0.330 e. The van der Waals surface area contributed by atoms with Crippen LogP contribution < -0.4 is 5.49 Å². The summed E-state index contributed by atoms with van der Waals surface area (Å²) < 4.78 is 2.26. The summed E-state index contributed by atoms with van der Waals surface area (Å²) in [7, 11) is 1.79. The van der Waals surface area contributed by atoms with Gasteiger partial charge in [0.2, 0.25) is 0 Å². The molecule has 1 heterocycles. The van der Waals surface area contributed by atoms with E-state index in [9.17, 15) is 0 Å². The molecule has 0 saturated heterocycles. The summed E-state index contributed by atoms with van der Waals surface area (Å²) in [6.45, 7) is 15.4. The molecule has 96 valence electrons. The first kappa shape index (κ1) is 13.9.